The van der Waals surface area contributed by atoms with Crippen LogP contribution in [0.2, 0.25) is 0 Å². The third kappa shape index (κ3) is 1.94. The number of Topliss-reactive ketones (excluding diaryl/α,β-unsaturated/α-hetero) is 1. The minimum atomic E-state index is -1.11. The Morgan fingerprint density at radius 1 is 1.50 bits per heavy atom. The van der Waals surface area contributed by atoms with Crippen molar-refractivity contribution in [1.82, 2.24) is 10.0 Å². The van der Waals surface area contributed by atoms with E-state index in [9.17, 15) is 14.7 Å². The van der Waals surface area contributed by atoms with Crippen molar-refractivity contribution >= 4 is 11.9 Å². The van der Waals surface area contributed by atoms with Gasteiger partial charge < -0.3 is 9.84 Å². The number of amides is 1. The Labute approximate surface area is 105 Å². The predicted molar refractivity (Wildman–Crippen MR) is 63.2 cm³/mol. The van der Waals surface area contributed by atoms with Gasteiger partial charge >= 0.3 is 6.09 Å². The number of ether oxygens (including phenoxy) is 1. The number of ketones is 1. The minimum absolute atomic E-state index is 0.0459. The smallest absolute Gasteiger partial charge is 0.426 e. The molecule has 0 aromatic heterocycles. The maximum atomic E-state index is 11.9. The molecule has 0 saturated carbocycles. The Kier molecular flexibility index (Phi) is 2.80. The van der Waals surface area contributed by atoms with Crippen molar-refractivity contribution in [2.75, 3.05) is 6.73 Å². The van der Waals surface area contributed by atoms with Crippen LogP contribution < -0.4 is 0 Å². The summed E-state index contributed by atoms with van der Waals surface area (Å²) in [6, 6.07) is 0. The number of nitrogens with zero attached hydrogens (tertiary/aromatic N) is 2. The van der Waals surface area contributed by atoms with Crippen molar-refractivity contribution < 1.29 is 19.4 Å². The lowest BCUT2D eigenvalue weighted by atomic mass is 10.1. The van der Waals surface area contributed by atoms with E-state index in [1.807, 2.05) is 0 Å². The van der Waals surface area contributed by atoms with Gasteiger partial charge in [0, 0.05) is 6.42 Å². The molecule has 98 valence electrons. The zero-order chi connectivity index (χ0) is 13.5. The number of carbonyl (C=O) groups is 2. The zero-order valence-electron chi connectivity index (χ0n) is 10.6. The van der Waals surface area contributed by atoms with E-state index in [2.05, 4.69) is 0 Å². The lowest BCUT2D eigenvalue weighted by molar-refractivity contribution is -0.121. The molecule has 1 amide bonds. The molecule has 6 nitrogen and oxygen atoms in total. The van der Waals surface area contributed by atoms with E-state index >= 15 is 0 Å². The van der Waals surface area contributed by atoms with E-state index in [-0.39, 0.29) is 18.9 Å². The van der Waals surface area contributed by atoms with E-state index in [4.69, 9.17) is 4.74 Å². The summed E-state index contributed by atoms with van der Waals surface area (Å²) in [5, 5.41) is 11.8. The summed E-state index contributed by atoms with van der Waals surface area (Å²) in [6.45, 7) is 5.35. The summed E-state index contributed by atoms with van der Waals surface area (Å²) >= 11 is 0. The third-order valence-electron chi connectivity index (χ3n) is 2.73. The van der Waals surface area contributed by atoms with Gasteiger partial charge in [0.1, 0.15) is 5.70 Å². The first-order chi connectivity index (χ1) is 8.32. The fourth-order valence-electron chi connectivity index (χ4n) is 2.08. The first-order valence-corrected chi connectivity index (χ1v) is 5.70. The van der Waals surface area contributed by atoms with E-state index in [0.29, 0.717) is 11.5 Å². The van der Waals surface area contributed by atoms with E-state index in [1.54, 1.807) is 32.9 Å². The Morgan fingerprint density at radius 3 is 2.72 bits per heavy atom. The number of hydrazine groups is 1. The van der Waals surface area contributed by atoms with Gasteiger partial charge in [0.15, 0.2) is 18.3 Å². The van der Waals surface area contributed by atoms with Crippen LogP contribution in [0.4, 0.5) is 4.79 Å². The monoisotopic (exact) mass is 252 g/mol. The molecule has 2 rings (SSSR count). The fraction of sp³-hybridized carbons (Fsp3) is 0.500. The highest BCUT2D eigenvalue weighted by Gasteiger charge is 2.40. The Bertz CT molecular complexity index is 459. The summed E-state index contributed by atoms with van der Waals surface area (Å²) in [4.78, 5) is 23.3. The van der Waals surface area contributed by atoms with Gasteiger partial charge in [-0.1, -0.05) is 6.08 Å². The molecule has 0 saturated heterocycles. The Hall–Kier alpha value is -1.98. The summed E-state index contributed by atoms with van der Waals surface area (Å²) in [5.74, 6) is 0.322. The van der Waals surface area contributed by atoms with Crippen LogP contribution in [0.5, 0.6) is 0 Å². The average molecular weight is 252 g/mol. The molecule has 6 heteroatoms. The van der Waals surface area contributed by atoms with Gasteiger partial charge in [-0.2, -0.15) is 0 Å². The van der Waals surface area contributed by atoms with E-state index < -0.39 is 11.6 Å². The van der Waals surface area contributed by atoms with Gasteiger partial charge in [-0.3, -0.25) is 4.79 Å². The SMILES string of the molecule is CC(C)(C)N(C(=O)O)N1COC2=C1C(=O)CC=C2. The number of hydrogen-bond donors (Lipinski definition) is 1. The molecule has 0 atom stereocenters. The third-order valence-corrected chi connectivity index (χ3v) is 2.73. The number of rotatable bonds is 1. The highest BCUT2D eigenvalue weighted by molar-refractivity contribution is 5.98. The van der Waals surface area contributed by atoms with Crippen LogP contribution in [-0.4, -0.2) is 39.3 Å². The van der Waals surface area contributed by atoms with Gasteiger partial charge in [0.05, 0.1) is 5.54 Å². The summed E-state index contributed by atoms with van der Waals surface area (Å²) in [6.07, 6.45) is 2.59. The van der Waals surface area contributed by atoms with Gasteiger partial charge in [-0.25, -0.2) is 14.8 Å². The standard InChI is InChI=1S/C12H16N2O4/c1-12(2,3)14(11(16)17)13-7-18-9-6-4-5-8(15)10(9)13/h4,6H,5,7H2,1-3H3,(H,16,17). The number of allylic oxidation sites excluding steroid dienone is 3. The highest BCUT2D eigenvalue weighted by Crippen LogP contribution is 2.31. The quantitative estimate of drug-likeness (QED) is 0.769. The molecule has 18 heavy (non-hydrogen) atoms. The second-order valence-corrected chi connectivity index (χ2v) is 5.18. The van der Waals surface area contributed by atoms with Crippen molar-refractivity contribution in [2.24, 2.45) is 0 Å². The Balaban J connectivity index is 2.39. The molecule has 0 fully saturated rings. The second-order valence-electron chi connectivity index (χ2n) is 5.18. The van der Waals surface area contributed by atoms with Crippen molar-refractivity contribution in [2.45, 2.75) is 32.7 Å². The highest BCUT2D eigenvalue weighted by atomic mass is 16.5. The summed E-state index contributed by atoms with van der Waals surface area (Å²) < 4.78 is 5.36. The second kappa shape index (κ2) is 4.04. The molecule has 0 unspecified atom stereocenters. The van der Waals surface area contributed by atoms with E-state index in [1.165, 1.54) is 5.01 Å². The predicted octanol–water partition coefficient (Wildman–Crippen LogP) is 1.71. The van der Waals surface area contributed by atoms with Crippen LogP contribution >= 0.6 is 0 Å². The van der Waals surface area contributed by atoms with Crippen LogP contribution in [-0.2, 0) is 9.53 Å². The molecule has 1 heterocycles. The summed E-state index contributed by atoms with van der Waals surface area (Å²) in [5.41, 5.74) is -0.325. The van der Waals surface area contributed by atoms with Crippen LogP contribution in [0.25, 0.3) is 0 Å². The number of carboxylic acid groups (broad SMARTS) is 1. The molecular weight excluding hydrogens is 236 g/mol. The maximum Gasteiger partial charge on any atom is 0.426 e. The molecule has 0 aromatic carbocycles. The molecule has 0 radical (unpaired) electrons. The van der Waals surface area contributed by atoms with E-state index in [0.717, 1.165) is 5.01 Å². The van der Waals surface area contributed by atoms with Gasteiger partial charge in [-0.05, 0) is 26.8 Å². The maximum absolute atomic E-state index is 11.9. The molecule has 1 aliphatic carbocycles. The molecular formula is C12H16N2O4. The van der Waals surface area contributed by atoms with Crippen molar-refractivity contribution in [3.63, 3.8) is 0 Å². The van der Waals surface area contributed by atoms with Gasteiger partial charge in [0.2, 0.25) is 0 Å². The first-order valence-electron chi connectivity index (χ1n) is 5.70. The normalized spacial score (nSPS) is 18.8. The average Bonchev–Trinajstić information content (AvgIpc) is 2.60. The fourth-order valence-corrected chi connectivity index (χ4v) is 2.08. The lowest BCUT2D eigenvalue weighted by Gasteiger charge is -2.40. The minimum Gasteiger partial charge on any atom is -0.469 e. The molecule has 1 N–H and O–H groups in total. The van der Waals surface area contributed by atoms with Crippen molar-refractivity contribution in [3.05, 3.63) is 23.6 Å². The lowest BCUT2D eigenvalue weighted by Crippen LogP contribution is -2.55. The van der Waals surface area contributed by atoms with Crippen LogP contribution in [0.1, 0.15) is 27.2 Å². The largest absolute Gasteiger partial charge is 0.469 e. The molecule has 1 aliphatic heterocycles. The first kappa shape index (κ1) is 12.5. The number of carbonyl (C=O) groups excluding carboxylic acids is 1. The number of hydrogen-bond acceptors (Lipinski definition) is 4. The zero-order valence-corrected chi connectivity index (χ0v) is 10.6. The van der Waals surface area contributed by atoms with Gasteiger partial charge in [0.25, 0.3) is 0 Å². The molecule has 0 aromatic rings. The van der Waals surface area contributed by atoms with Crippen molar-refractivity contribution in [3.8, 4) is 0 Å². The van der Waals surface area contributed by atoms with Crippen LogP contribution in [0.15, 0.2) is 23.6 Å². The molecule has 0 spiro atoms. The Morgan fingerprint density at radius 2 is 2.17 bits per heavy atom. The van der Waals surface area contributed by atoms with Crippen LogP contribution in [0.3, 0.4) is 0 Å². The topological polar surface area (TPSA) is 70.1 Å². The molecule has 2 aliphatic rings. The van der Waals surface area contributed by atoms with Gasteiger partial charge in [-0.15, -0.1) is 0 Å². The van der Waals surface area contributed by atoms with Crippen molar-refractivity contribution in [1.29, 1.82) is 0 Å². The summed E-state index contributed by atoms with van der Waals surface area (Å²) in [7, 11) is 0. The van der Waals surface area contributed by atoms with Crippen LogP contribution in [0, 0.1) is 0 Å². The molecule has 0 bridgehead atoms.